The van der Waals surface area contributed by atoms with Gasteiger partial charge in [0.1, 0.15) is 0 Å². The number of imidazole rings is 1. The fourth-order valence-corrected chi connectivity index (χ4v) is 4.70. The summed E-state index contributed by atoms with van der Waals surface area (Å²) in [4.78, 5) is 13.6. The lowest BCUT2D eigenvalue weighted by Gasteiger charge is -2.44. The Kier molecular flexibility index (Phi) is 4.71. The van der Waals surface area contributed by atoms with Gasteiger partial charge in [0.25, 0.3) is 0 Å². The quantitative estimate of drug-likeness (QED) is 0.705. The van der Waals surface area contributed by atoms with Gasteiger partial charge in [0.05, 0.1) is 12.0 Å². The number of nitrogens with zero attached hydrogens (tertiary/aromatic N) is 6. The van der Waals surface area contributed by atoms with Crippen molar-refractivity contribution in [3.8, 4) is 0 Å². The second-order valence-electron chi connectivity index (χ2n) is 8.29. The highest BCUT2D eigenvalue weighted by atomic mass is 15.4. The molecule has 2 aliphatic rings. The SMILES string of the molecule is Cc1ccc(C[C@H]2Cn3cncc3CN2C2CCN(c3n[nH]c(N)n3)CC2)cc1. The van der Waals surface area contributed by atoms with Crippen LogP contribution >= 0.6 is 0 Å². The van der Waals surface area contributed by atoms with Crippen LogP contribution in [0.4, 0.5) is 11.9 Å². The monoisotopic (exact) mass is 392 g/mol. The molecule has 2 aromatic heterocycles. The number of piperidine rings is 1. The molecule has 1 fully saturated rings. The lowest BCUT2D eigenvalue weighted by Crippen LogP contribution is -2.53. The number of benzene rings is 1. The van der Waals surface area contributed by atoms with Gasteiger partial charge in [-0.25, -0.2) is 10.1 Å². The molecule has 0 aliphatic carbocycles. The minimum absolute atomic E-state index is 0.379. The molecular weight excluding hydrogens is 364 g/mol. The molecule has 1 atom stereocenters. The number of nitrogens with one attached hydrogen (secondary N) is 1. The Morgan fingerprint density at radius 2 is 1.97 bits per heavy atom. The maximum atomic E-state index is 5.69. The van der Waals surface area contributed by atoms with Crippen LogP contribution in [0.2, 0.25) is 0 Å². The van der Waals surface area contributed by atoms with Crippen molar-refractivity contribution in [3.63, 3.8) is 0 Å². The Labute approximate surface area is 170 Å². The summed E-state index contributed by atoms with van der Waals surface area (Å²) in [7, 11) is 0. The first-order chi connectivity index (χ1) is 14.2. The van der Waals surface area contributed by atoms with E-state index in [0.29, 0.717) is 24.0 Å². The van der Waals surface area contributed by atoms with Crippen molar-refractivity contribution in [3.05, 3.63) is 53.6 Å². The number of H-pyrrole nitrogens is 1. The van der Waals surface area contributed by atoms with E-state index in [9.17, 15) is 0 Å². The third kappa shape index (κ3) is 3.72. The van der Waals surface area contributed by atoms with Gasteiger partial charge in [-0.3, -0.25) is 4.90 Å². The van der Waals surface area contributed by atoms with Crippen LogP contribution < -0.4 is 10.6 Å². The molecule has 1 saturated heterocycles. The van der Waals surface area contributed by atoms with Gasteiger partial charge in [0.15, 0.2) is 0 Å². The molecule has 3 aromatic rings. The molecule has 0 unspecified atom stereocenters. The highest BCUT2D eigenvalue weighted by Gasteiger charge is 2.34. The number of hydrogen-bond donors (Lipinski definition) is 2. The first kappa shape index (κ1) is 18.2. The molecule has 29 heavy (non-hydrogen) atoms. The van der Waals surface area contributed by atoms with Crippen molar-refractivity contribution in [1.82, 2.24) is 29.6 Å². The molecular formula is C21H28N8. The number of aryl methyl sites for hydroxylation is 1. The number of anilines is 2. The number of fused-ring (bicyclic) bond motifs is 1. The number of rotatable bonds is 4. The van der Waals surface area contributed by atoms with Gasteiger partial charge in [0, 0.05) is 44.5 Å². The number of aromatic amines is 1. The van der Waals surface area contributed by atoms with Gasteiger partial charge in [-0.2, -0.15) is 4.98 Å². The minimum atomic E-state index is 0.379. The molecule has 0 amide bonds. The summed E-state index contributed by atoms with van der Waals surface area (Å²) in [5, 5.41) is 6.96. The van der Waals surface area contributed by atoms with E-state index in [1.54, 1.807) is 0 Å². The smallest absolute Gasteiger partial charge is 0.246 e. The Hall–Kier alpha value is -2.87. The second kappa shape index (κ2) is 7.51. The minimum Gasteiger partial charge on any atom is -0.368 e. The summed E-state index contributed by atoms with van der Waals surface area (Å²) in [6.07, 6.45) is 7.27. The van der Waals surface area contributed by atoms with Gasteiger partial charge < -0.3 is 15.2 Å². The summed E-state index contributed by atoms with van der Waals surface area (Å²) in [6, 6.07) is 10.0. The zero-order valence-corrected chi connectivity index (χ0v) is 16.8. The average Bonchev–Trinajstić information content (AvgIpc) is 3.38. The predicted molar refractivity (Wildman–Crippen MR) is 112 cm³/mol. The molecule has 152 valence electrons. The molecule has 1 aromatic carbocycles. The Balaban J connectivity index is 1.31. The molecule has 0 radical (unpaired) electrons. The standard InChI is InChI=1S/C21H28N8/c1-15-2-4-16(5-3-15)10-18-12-28-14-23-11-19(28)13-29(18)17-6-8-27(9-7-17)21-24-20(22)25-26-21/h2-5,11,14,17-18H,6-10,12-13H2,1H3,(H3,22,24,25,26)/t18-/m0/s1. The predicted octanol–water partition coefficient (Wildman–Crippen LogP) is 1.99. The molecule has 0 bridgehead atoms. The molecule has 2 aliphatic heterocycles. The van der Waals surface area contributed by atoms with Gasteiger partial charge in [-0.15, -0.1) is 5.10 Å². The highest BCUT2D eigenvalue weighted by Crippen LogP contribution is 2.28. The van der Waals surface area contributed by atoms with E-state index in [1.165, 1.54) is 16.8 Å². The van der Waals surface area contributed by atoms with Crippen LogP contribution in [0.1, 0.15) is 29.7 Å². The van der Waals surface area contributed by atoms with E-state index in [2.05, 4.69) is 65.7 Å². The van der Waals surface area contributed by atoms with Crippen LogP contribution in [0, 0.1) is 6.92 Å². The zero-order valence-electron chi connectivity index (χ0n) is 16.8. The van der Waals surface area contributed by atoms with Gasteiger partial charge in [0.2, 0.25) is 11.9 Å². The van der Waals surface area contributed by atoms with Crippen LogP contribution in [-0.4, -0.2) is 54.8 Å². The highest BCUT2D eigenvalue weighted by molar-refractivity contribution is 5.34. The number of nitrogen functional groups attached to an aromatic ring is 1. The molecule has 3 N–H and O–H groups in total. The fraction of sp³-hybridized carbons (Fsp3) is 0.476. The zero-order chi connectivity index (χ0) is 19.8. The van der Waals surface area contributed by atoms with Gasteiger partial charge >= 0.3 is 0 Å². The Morgan fingerprint density at radius 3 is 2.69 bits per heavy atom. The largest absolute Gasteiger partial charge is 0.368 e. The second-order valence-corrected chi connectivity index (χ2v) is 8.29. The Morgan fingerprint density at radius 1 is 1.17 bits per heavy atom. The maximum absolute atomic E-state index is 5.69. The van der Waals surface area contributed by atoms with Gasteiger partial charge in [-0.05, 0) is 31.7 Å². The molecule has 4 heterocycles. The van der Waals surface area contributed by atoms with E-state index in [0.717, 1.165) is 45.4 Å². The maximum Gasteiger partial charge on any atom is 0.246 e. The number of aromatic nitrogens is 5. The van der Waals surface area contributed by atoms with Crippen LogP contribution in [-0.2, 0) is 19.5 Å². The van der Waals surface area contributed by atoms with E-state index in [1.807, 2.05) is 12.5 Å². The van der Waals surface area contributed by atoms with Gasteiger partial charge in [-0.1, -0.05) is 29.8 Å². The molecule has 0 spiro atoms. The summed E-state index contributed by atoms with van der Waals surface area (Å²) in [6.45, 7) is 6.02. The van der Waals surface area contributed by atoms with Crippen molar-refractivity contribution >= 4 is 11.9 Å². The van der Waals surface area contributed by atoms with Crippen molar-refractivity contribution in [2.45, 2.75) is 51.4 Å². The van der Waals surface area contributed by atoms with Crippen LogP contribution in [0.3, 0.4) is 0 Å². The third-order valence-corrected chi connectivity index (χ3v) is 6.32. The first-order valence-corrected chi connectivity index (χ1v) is 10.4. The molecule has 8 heteroatoms. The van der Waals surface area contributed by atoms with Crippen LogP contribution in [0.15, 0.2) is 36.8 Å². The van der Waals surface area contributed by atoms with Crippen molar-refractivity contribution in [1.29, 1.82) is 0 Å². The first-order valence-electron chi connectivity index (χ1n) is 10.4. The lowest BCUT2D eigenvalue weighted by molar-refractivity contribution is 0.0716. The summed E-state index contributed by atoms with van der Waals surface area (Å²) >= 11 is 0. The van der Waals surface area contributed by atoms with E-state index in [4.69, 9.17) is 5.73 Å². The summed E-state index contributed by atoms with van der Waals surface area (Å²) in [5.41, 5.74) is 9.72. The topological polar surface area (TPSA) is 91.9 Å². The third-order valence-electron chi connectivity index (χ3n) is 6.32. The lowest BCUT2D eigenvalue weighted by atomic mass is 9.95. The normalized spacial score (nSPS) is 20.7. The van der Waals surface area contributed by atoms with Crippen LogP contribution in [0.5, 0.6) is 0 Å². The average molecular weight is 393 g/mol. The fourth-order valence-electron chi connectivity index (χ4n) is 4.70. The van der Waals surface area contributed by atoms with E-state index >= 15 is 0 Å². The van der Waals surface area contributed by atoms with Crippen molar-refractivity contribution < 1.29 is 0 Å². The van der Waals surface area contributed by atoms with E-state index < -0.39 is 0 Å². The van der Waals surface area contributed by atoms with Crippen LogP contribution in [0.25, 0.3) is 0 Å². The number of hydrogen-bond acceptors (Lipinski definition) is 6. The van der Waals surface area contributed by atoms with E-state index in [-0.39, 0.29) is 0 Å². The Bertz CT molecular complexity index is 951. The molecule has 5 rings (SSSR count). The number of nitrogens with two attached hydrogens (primary N) is 1. The summed E-state index contributed by atoms with van der Waals surface area (Å²) in [5.74, 6) is 1.10. The molecule has 8 nitrogen and oxygen atoms in total. The summed E-state index contributed by atoms with van der Waals surface area (Å²) < 4.78 is 2.32. The van der Waals surface area contributed by atoms with Crippen molar-refractivity contribution in [2.24, 2.45) is 0 Å². The van der Waals surface area contributed by atoms with Crippen molar-refractivity contribution in [2.75, 3.05) is 23.7 Å². The molecule has 0 saturated carbocycles.